The van der Waals surface area contributed by atoms with E-state index in [1.165, 1.54) is 56.8 Å². The molecular weight excluding hydrogens is 334 g/mol. The quantitative estimate of drug-likeness (QED) is 0.499. The lowest BCUT2D eigenvalue weighted by Gasteiger charge is -2.26. The van der Waals surface area contributed by atoms with Gasteiger partial charge in [0.2, 0.25) is 0 Å². The minimum absolute atomic E-state index is 0.253. The van der Waals surface area contributed by atoms with E-state index in [0.717, 1.165) is 25.2 Å². The minimum Gasteiger partial charge on any atom is -0.453 e. The standard InChI is InChI=1S/C24H35NO2/c1-17(2)6-4-5-7-18-8-9-20-15-21(11-10-19(20)14-18)22-12-13-23(16-22)25-24(26)27-3/h6,10-11,15,18,22-23H,4-5,7-9,12-14,16H2,1-3H3,(H,25,26)/t18-,22?,23?/m0/s1. The van der Waals surface area contributed by atoms with Crippen LogP contribution in [0.3, 0.4) is 0 Å². The summed E-state index contributed by atoms with van der Waals surface area (Å²) in [6.45, 7) is 4.37. The summed E-state index contributed by atoms with van der Waals surface area (Å²) >= 11 is 0. The zero-order valence-corrected chi connectivity index (χ0v) is 17.2. The number of aryl methyl sites for hydroxylation is 1. The van der Waals surface area contributed by atoms with Gasteiger partial charge in [0.15, 0.2) is 0 Å². The maximum absolute atomic E-state index is 11.4. The summed E-state index contributed by atoms with van der Waals surface area (Å²) in [5, 5.41) is 2.96. The molecule has 3 rings (SSSR count). The Kier molecular flexibility index (Phi) is 6.98. The molecule has 148 valence electrons. The highest BCUT2D eigenvalue weighted by atomic mass is 16.5. The first kappa shape index (κ1) is 20.0. The van der Waals surface area contributed by atoms with E-state index in [-0.39, 0.29) is 12.1 Å². The number of allylic oxidation sites excluding steroid dienone is 2. The van der Waals surface area contributed by atoms with Crippen LogP contribution in [0.5, 0.6) is 0 Å². The van der Waals surface area contributed by atoms with E-state index in [4.69, 9.17) is 4.74 Å². The number of alkyl carbamates (subject to hydrolysis) is 1. The van der Waals surface area contributed by atoms with Crippen LogP contribution in [-0.4, -0.2) is 19.2 Å². The van der Waals surface area contributed by atoms with Gasteiger partial charge >= 0.3 is 6.09 Å². The third-order valence-electron chi connectivity index (χ3n) is 6.34. The average molecular weight is 370 g/mol. The van der Waals surface area contributed by atoms with Gasteiger partial charge in [-0.2, -0.15) is 0 Å². The van der Waals surface area contributed by atoms with Crippen molar-refractivity contribution in [3.63, 3.8) is 0 Å². The lowest BCUT2D eigenvalue weighted by Crippen LogP contribution is -2.32. The second kappa shape index (κ2) is 9.43. The highest BCUT2D eigenvalue weighted by molar-refractivity contribution is 5.67. The molecule has 3 atom stereocenters. The number of carbonyl (C=O) groups is 1. The lowest BCUT2D eigenvalue weighted by molar-refractivity contribution is 0.166. The maximum atomic E-state index is 11.4. The zero-order valence-electron chi connectivity index (χ0n) is 17.2. The molecule has 1 aromatic rings. The molecule has 0 aliphatic heterocycles. The lowest BCUT2D eigenvalue weighted by atomic mass is 9.80. The van der Waals surface area contributed by atoms with Crippen LogP contribution in [0.25, 0.3) is 0 Å². The molecule has 0 heterocycles. The van der Waals surface area contributed by atoms with Gasteiger partial charge in [0, 0.05) is 6.04 Å². The van der Waals surface area contributed by atoms with Gasteiger partial charge < -0.3 is 10.1 Å². The third kappa shape index (κ3) is 5.60. The number of methoxy groups -OCH3 is 1. The van der Waals surface area contributed by atoms with Crippen LogP contribution in [0.15, 0.2) is 29.8 Å². The monoisotopic (exact) mass is 369 g/mol. The molecule has 1 fully saturated rings. The second-order valence-corrected chi connectivity index (χ2v) is 8.69. The molecule has 3 nitrogen and oxygen atoms in total. The van der Waals surface area contributed by atoms with Gasteiger partial charge in [-0.1, -0.05) is 29.8 Å². The van der Waals surface area contributed by atoms with Crippen molar-refractivity contribution < 1.29 is 9.53 Å². The van der Waals surface area contributed by atoms with E-state index in [1.807, 2.05) is 0 Å². The summed E-state index contributed by atoms with van der Waals surface area (Å²) in [6, 6.07) is 7.44. The van der Waals surface area contributed by atoms with Crippen LogP contribution in [0.1, 0.15) is 81.4 Å². The first-order valence-corrected chi connectivity index (χ1v) is 10.6. The number of fused-ring (bicyclic) bond motifs is 1. The van der Waals surface area contributed by atoms with E-state index in [0.29, 0.717) is 5.92 Å². The molecule has 1 N–H and O–H groups in total. The Morgan fingerprint density at radius 2 is 2.07 bits per heavy atom. The molecule has 27 heavy (non-hydrogen) atoms. The van der Waals surface area contributed by atoms with Gasteiger partial charge in [-0.3, -0.25) is 0 Å². The molecule has 3 heteroatoms. The highest BCUT2D eigenvalue weighted by Crippen LogP contribution is 2.37. The predicted molar refractivity (Wildman–Crippen MR) is 111 cm³/mol. The van der Waals surface area contributed by atoms with Crippen molar-refractivity contribution >= 4 is 6.09 Å². The Hall–Kier alpha value is -1.77. The Balaban J connectivity index is 1.53. The summed E-state index contributed by atoms with van der Waals surface area (Å²) in [6.07, 6.45) is 13.0. The molecule has 1 aromatic carbocycles. The van der Waals surface area contributed by atoms with Crippen molar-refractivity contribution in [2.75, 3.05) is 7.11 Å². The molecular formula is C24H35NO2. The molecule has 0 bridgehead atoms. The first-order chi connectivity index (χ1) is 13.0. The average Bonchev–Trinajstić information content (AvgIpc) is 3.13. The van der Waals surface area contributed by atoms with Gasteiger partial charge in [0.1, 0.15) is 0 Å². The SMILES string of the molecule is COC(=O)NC1CCC(c2ccc3c(c2)CC[C@H](CCCC=C(C)C)C3)C1. The Labute approximate surface area is 164 Å². The normalized spacial score (nSPS) is 24.2. The van der Waals surface area contributed by atoms with Crippen LogP contribution < -0.4 is 5.32 Å². The minimum atomic E-state index is -0.304. The highest BCUT2D eigenvalue weighted by Gasteiger charge is 2.28. The van der Waals surface area contributed by atoms with Gasteiger partial charge in [-0.25, -0.2) is 4.79 Å². The maximum Gasteiger partial charge on any atom is 0.407 e. The number of amides is 1. The summed E-state index contributed by atoms with van der Waals surface area (Å²) < 4.78 is 4.73. The summed E-state index contributed by atoms with van der Waals surface area (Å²) in [4.78, 5) is 11.4. The Bertz CT molecular complexity index is 675. The number of hydrogen-bond donors (Lipinski definition) is 1. The molecule has 0 aromatic heterocycles. The number of unbranched alkanes of at least 4 members (excludes halogenated alkanes) is 1. The van der Waals surface area contributed by atoms with Crippen LogP contribution >= 0.6 is 0 Å². The van der Waals surface area contributed by atoms with Crippen molar-refractivity contribution in [3.8, 4) is 0 Å². The second-order valence-electron chi connectivity index (χ2n) is 8.69. The molecule has 2 unspecified atom stereocenters. The van der Waals surface area contributed by atoms with Gasteiger partial charge in [0.05, 0.1) is 7.11 Å². The fraction of sp³-hybridized carbons (Fsp3) is 0.625. The molecule has 2 aliphatic rings. The fourth-order valence-corrected chi connectivity index (χ4v) is 4.79. The van der Waals surface area contributed by atoms with Crippen LogP contribution in [0.2, 0.25) is 0 Å². The molecule has 1 saturated carbocycles. The number of ether oxygens (including phenoxy) is 1. The predicted octanol–water partition coefficient (Wildman–Crippen LogP) is 5.92. The van der Waals surface area contributed by atoms with Crippen molar-refractivity contribution in [3.05, 3.63) is 46.5 Å². The van der Waals surface area contributed by atoms with Gasteiger partial charge in [-0.05, 0) is 100 Å². The smallest absolute Gasteiger partial charge is 0.407 e. The van der Waals surface area contributed by atoms with Crippen LogP contribution in [0.4, 0.5) is 4.79 Å². The number of nitrogens with one attached hydrogen (secondary N) is 1. The largest absolute Gasteiger partial charge is 0.453 e. The van der Waals surface area contributed by atoms with Crippen LogP contribution in [0, 0.1) is 5.92 Å². The number of hydrogen-bond acceptors (Lipinski definition) is 2. The molecule has 0 radical (unpaired) electrons. The summed E-state index contributed by atoms with van der Waals surface area (Å²) in [5.41, 5.74) is 6.04. The molecule has 0 spiro atoms. The Morgan fingerprint density at radius 1 is 1.22 bits per heavy atom. The topological polar surface area (TPSA) is 38.3 Å². The number of rotatable bonds is 6. The van der Waals surface area contributed by atoms with Gasteiger partial charge in [-0.15, -0.1) is 0 Å². The summed E-state index contributed by atoms with van der Waals surface area (Å²) in [5.74, 6) is 1.42. The van der Waals surface area contributed by atoms with E-state index in [1.54, 1.807) is 11.1 Å². The van der Waals surface area contributed by atoms with E-state index in [2.05, 4.69) is 43.4 Å². The number of benzene rings is 1. The van der Waals surface area contributed by atoms with E-state index >= 15 is 0 Å². The third-order valence-corrected chi connectivity index (χ3v) is 6.34. The molecule has 0 saturated heterocycles. The van der Waals surface area contributed by atoms with Crippen molar-refractivity contribution in [2.24, 2.45) is 5.92 Å². The zero-order chi connectivity index (χ0) is 19.2. The van der Waals surface area contributed by atoms with E-state index < -0.39 is 0 Å². The fourth-order valence-electron chi connectivity index (χ4n) is 4.79. The van der Waals surface area contributed by atoms with Crippen molar-refractivity contribution in [1.29, 1.82) is 0 Å². The van der Waals surface area contributed by atoms with Crippen molar-refractivity contribution in [2.45, 2.75) is 83.6 Å². The number of carbonyl (C=O) groups excluding carboxylic acids is 1. The van der Waals surface area contributed by atoms with Gasteiger partial charge in [0.25, 0.3) is 0 Å². The summed E-state index contributed by atoms with van der Waals surface area (Å²) in [7, 11) is 1.43. The molecule has 1 amide bonds. The van der Waals surface area contributed by atoms with E-state index in [9.17, 15) is 4.79 Å². The Morgan fingerprint density at radius 3 is 2.85 bits per heavy atom. The molecule has 2 aliphatic carbocycles. The first-order valence-electron chi connectivity index (χ1n) is 10.6. The van der Waals surface area contributed by atoms with Crippen LogP contribution in [-0.2, 0) is 17.6 Å². The van der Waals surface area contributed by atoms with Crippen molar-refractivity contribution in [1.82, 2.24) is 5.32 Å².